The van der Waals surface area contributed by atoms with Gasteiger partial charge in [0, 0.05) is 12.0 Å². The maximum absolute atomic E-state index is 10.4. The predicted molar refractivity (Wildman–Crippen MR) is 51.1 cm³/mol. The Bertz CT molecular complexity index is 152. The molecule has 1 aliphatic rings. The van der Waals surface area contributed by atoms with Crippen molar-refractivity contribution in [3.63, 3.8) is 0 Å². The largest absolute Gasteiger partial charge is 0.389 e. The van der Waals surface area contributed by atoms with E-state index in [0.717, 1.165) is 32.4 Å². The molecule has 2 heteroatoms. The number of piperidine rings is 1. The van der Waals surface area contributed by atoms with E-state index in [2.05, 4.69) is 26.1 Å². The first-order chi connectivity index (χ1) is 5.52. The van der Waals surface area contributed by atoms with Gasteiger partial charge in [-0.2, -0.15) is 0 Å². The Labute approximate surface area is 75.4 Å². The highest BCUT2D eigenvalue weighted by atomic mass is 16.3. The van der Waals surface area contributed by atoms with Gasteiger partial charge in [-0.05, 0) is 19.4 Å². The lowest BCUT2D eigenvalue weighted by Crippen LogP contribution is -2.55. The monoisotopic (exact) mass is 171 g/mol. The Morgan fingerprint density at radius 1 is 1.42 bits per heavy atom. The molecule has 1 heterocycles. The van der Waals surface area contributed by atoms with Crippen LogP contribution >= 0.6 is 0 Å². The summed E-state index contributed by atoms with van der Waals surface area (Å²) in [5, 5.41) is 13.7. The van der Waals surface area contributed by atoms with E-state index in [4.69, 9.17) is 0 Å². The van der Waals surface area contributed by atoms with Gasteiger partial charge in [0.2, 0.25) is 0 Å². The Hall–Kier alpha value is -0.0800. The molecule has 0 aromatic heterocycles. The molecule has 1 saturated heterocycles. The summed E-state index contributed by atoms with van der Waals surface area (Å²) >= 11 is 0. The van der Waals surface area contributed by atoms with Gasteiger partial charge in [-0.3, -0.25) is 0 Å². The fourth-order valence-corrected chi connectivity index (χ4v) is 2.08. The van der Waals surface area contributed by atoms with Crippen molar-refractivity contribution >= 4 is 0 Å². The van der Waals surface area contributed by atoms with Crippen LogP contribution in [0, 0.1) is 5.41 Å². The first-order valence-corrected chi connectivity index (χ1v) is 4.95. The molecule has 0 amide bonds. The molecule has 0 spiro atoms. The van der Waals surface area contributed by atoms with Crippen LogP contribution < -0.4 is 5.32 Å². The highest BCUT2D eigenvalue weighted by molar-refractivity contribution is 4.97. The van der Waals surface area contributed by atoms with Gasteiger partial charge in [0.05, 0.1) is 5.60 Å². The minimum absolute atomic E-state index is 0.0290. The molecule has 1 aliphatic heterocycles. The Morgan fingerprint density at radius 2 is 2.08 bits per heavy atom. The fourth-order valence-electron chi connectivity index (χ4n) is 2.08. The SMILES string of the molecule is CCCC1(O)CCNCC1(C)C. The number of hydrogen-bond donors (Lipinski definition) is 2. The average molecular weight is 171 g/mol. The van der Waals surface area contributed by atoms with Crippen LogP contribution in [0.4, 0.5) is 0 Å². The summed E-state index contributed by atoms with van der Waals surface area (Å²) in [7, 11) is 0. The second-order valence-corrected chi connectivity index (χ2v) is 4.59. The van der Waals surface area contributed by atoms with Gasteiger partial charge in [0.1, 0.15) is 0 Å². The lowest BCUT2D eigenvalue weighted by molar-refractivity contribution is -0.0937. The summed E-state index contributed by atoms with van der Waals surface area (Å²) in [5.41, 5.74) is -0.408. The van der Waals surface area contributed by atoms with Gasteiger partial charge in [-0.15, -0.1) is 0 Å². The molecule has 0 aliphatic carbocycles. The smallest absolute Gasteiger partial charge is 0.0722 e. The molecule has 0 bridgehead atoms. The van der Waals surface area contributed by atoms with E-state index in [1.54, 1.807) is 0 Å². The number of nitrogens with one attached hydrogen (secondary N) is 1. The summed E-state index contributed by atoms with van der Waals surface area (Å²) in [4.78, 5) is 0. The topological polar surface area (TPSA) is 32.3 Å². The van der Waals surface area contributed by atoms with E-state index in [1.165, 1.54) is 0 Å². The average Bonchev–Trinajstić information content (AvgIpc) is 1.96. The molecular formula is C10H21NO. The van der Waals surface area contributed by atoms with Crippen molar-refractivity contribution in [3.05, 3.63) is 0 Å². The maximum atomic E-state index is 10.4. The van der Waals surface area contributed by atoms with E-state index in [9.17, 15) is 5.11 Å². The van der Waals surface area contributed by atoms with Gasteiger partial charge in [0.15, 0.2) is 0 Å². The van der Waals surface area contributed by atoms with Crippen molar-refractivity contribution in [2.75, 3.05) is 13.1 Å². The lowest BCUT2D eigenvalue weighted by atomic mass is 9.68. The Morgan fingerprint density at radius 3 is 2.58 bits per heavy atom. The van der Waals surface area contributed by atoms with Crippen molar-refractivity contribution in [1.82, 2.24) is 5.32 Å². The van der Waals surface area contributed by atoms with Crippen LogP contribution in [0.1, 0.15) is 40.0 Å². The molecule has 2 N–H and O–H groups in total. The summed E-state index contributed by atoms with van der Waals surface area (Å²) in [6, 6.07) is 0. The Balaban J connectivity index is 2.69. The first kappa shape index (κ1) is 10.0. The van der Waals surface area contributed by atoms with Crippen molar-refractivity contribution in [3.8, 4) is 0 Å². The molecule has 0 aromatic carbocycles. The molecule has 1 fully saturated rings. The highest BCUT2D eigenvalue weighted by Gasteiger charge is 2.44. The minimum atomic E-state index is -0.437. The summed E-state index contributed by atoms with van der Waals surface area (Å²) in [6.07, 6.45) is 2.90. The predicted octanol–water partition coefficient (Wildman–Crippen LogP) is 1.54. The summed E-state index contributed by atoms with van der Waals surface area (Å²) in [5.74, 6) is 0. The van der Waals surface area contributed by atoms with E-state index in [0.29, 0.717) is 0 Å². The molecule has 1 rings (SSSR count). The van der Waals surface area contributed by atoms with Crippen LogP contribution in [-0.2, 0) is 0 Å². The van der Waals surface area contributed by atoms with E-state index in [-0.39, 0.29) is 5.41 Å². The van der Waals surface area contributed by atoms with Gasteiger partial charge in [-0.25, -0.2) is 0 Å². The molecule has 1 atom stereocenters. The van der Waals surface area contributed by atoms with E-state index < -0.39 is 5.60 Å². The fraction of sp³-hybridized carbons (Fsp3) is 1.00. The minimum Gasteiger partial charge on any atom is -0.389 e. The number of hydrogen-bond acceptors (Lipinski definition) is 2. The van der Waals surface area contributed by atoms with Crippen LogP contribution in [0.15, 0.2) is 0 Å². The number of aliphatic hydroxyl groups is 1. The molecule has 72 valence electrons. The standard InChI is InChI=1S/C10H21NO/c1-4-5-10(12)6-7-11-8-9(10,2)3/h11-12H,4-8H2,1-3H3. The van der Waals surface area contributed by atoms with Crippen molar-refractivity contribution < 1.29 is 5.11 Å². The zero-order chi connectivity index (χ0) is 9.24. The van der Waals surface area contributed by atoms with Crippen LogP contribution in [-0.4, -0.2) is 23.8 Å². The van der Waals surface area contributed by atoms with Crippen LogP contribution in [0.3, 0.4) is 0 Å². The maximum Gasteiger partial charge on any atom is 0.0722 e. The van der Waals surface area contributed by atoms with E-state index in [1.807, 2.05) is 0 Å². The van der Waals surface area contributed by atoms with Crippen LogP contribution in [0.2, 0.25) is 0 Å². The zero-order valence-corrected chi connectivity index (χ0v) is 8.48. The lowest BCUT2D eigenvalue weighted by Gasteiger charge is -2.46. The third kappa shape index (κ3) is 1.64. The van der Waals surface area contributed by atoms with Gasteiger partial charge in [-0.1, -0.05) is 27.2 Å². The molecular weight excluding hydrogens is 150 g/mol. The second-order valence-electron chi connectivity index (χ2n) is 4.59. The molecule has 0 radical (unpaired) electrons. The van der Waals surface area contributed by atoms with Crippen molar-refractivity contribution in [1.29, 1.82) is 0 Å². The molecule has 1 unspecified atom stereocenters. The van der Waals surface area contributed by atoms with Gasteiger partial charge in [0.25, 0.3) is 0 Å². The molecule has 12 heavy (non-hydrogen) atoms. The Kier molecular flexibility index (Phi) is 2.79. The normalized spacial score (nSPS) is 35.0. The highest BCUT2D eigenvalue weighted by Crippen LogP contribution is 2.38. The summed E-state index contributed by atoms with van der Waals surface area (Å²) in [6.45, 7) is 8.32. The first-order valence-electron chi connectivity index (χ1n) is 4.95. The zero-order valence-electron chi connectivity index (χ0n) is 8.48. The molecule has 0 aromatic rings. The quantitative estimate of drug-likeness (QED) is 0.660. The summed E-state index contributed by atoms with van der Waals surface area (Å²) < 4.78 is 0. The van der Waals surface area contributed by atoms with Crippen LogP contribution in [0.25, 0.3) is 0 Å². The van der Waals surface area contributed by atoms with E-state index >= 15 is 0 Å². The molecule has 0 saturated carbocycles. The van der Waals surface area contributed by atoms with Crippen molar-refractivity contribution in [2.45, 2.75) is 45.6 Å². The van der Waals surface area contributed by atoms with Crippen molar-refractivity contribution in [2.24, 2.45) is 5.41 Å². The third-order valence-electron chi connectivity index (χ3n) is 3.21. The van der Waals surface area contributed by atoms with Gasteiger partial charge < -0.3 is 10.4 Å². The van der Waals surface area contributed by atoms with Crippen LogP contribution in [0.5, 0.6) is 0 Å². The molecule has 2 nitrogen and oxygen atoms in total. The second kappa shape index (κ2) is 3.35. The van der Waals surface area contributed by atoms with Gasteiger partial charge >= 0.3 is 0 Å². The third-order valence-corrected chi connectivity index (χ3v) is 3.21. The number of rotatable bonds is 2.